The van der Waals surface area contributed by atoms with Crippen molar-refractivity contribution in [3.8, 4) is 0 Å². The fourth-order valence-corrected chi connectivity index (χ4v) is 3.20. The smallest absolute Gasteiger partial charge is 0.262 e. The van der Waals surface area contributed by atoms with Gasteiger partial charge in [-0.05, 0) is 40.9 Å². The lowest BCUT2D eigenvalue weighted by molar-refractivity contribution is -0.128. The van der Waals surface area contributed by atoms with E-state index >= 15 is 0 Å². The monoisotopic (exact) mass is 316 g/mol. The third kappa shape index (κ3) is 2.52. The molecule has 92 valence electrons. The molecule has 2 heterocycles. The van der Waals surface area contributed by atoms with Crippen molar-refractivity contribution in [1.82, 2.24) is 10.2 Å². The van der Waals surface area contributed by atoms with Gasteiger partial charge in [0, 0.05) is 13.6 Å². The second-order valence-electron chi connectivity index (χ2n) is 4.14. The molecular formula is C11H13BrN2O2S. The molecule has 1 saturated heterocycles. The first kappa shape index (κ1) is 12.6. The second kappa shape index (κ2) is 4.78. The Kier molecular flexibility index (Phi) is 3.53. The molecule has 1 aliphatic rings. The maximum Gasteiger partial charge on any atom is 0.262 e. The van der Waals surface area contributed by atoms with Crippen molar-refractivity contribution in [1.29, 1.82) is 0 Å². The zero-order valence-electron chi connectivity index (χ0n) is 9.62. The number of hydrogen-bond acceptors (Lipinski definition) is 3. The number of nitrogens with one attached hydrogen (secondary N) is 1. The quantitative estimate of drug-likeness (QED) is 0.904. The van der Waals surface area contributed by atoms with Crippen LogP contribution in [0.4, 0.5) is 0 Å². The summed E-state index contributed by atoms with van der Waals surface area (Å²) in [6.45, 7) is 2.64. The van der Waals surface area contributed by atoms with Crippen molar-refractivity contribution in [2.24, 2.45) is 0 Å². The van der Waals surface area contributed by atoms with Crippen molar-refractivity contribution in [3.05, 3.63) is 20.3 Å². The van der Waals surface area contributed by atoms with Crippen molar-refractivity contribution >= 4 is 39.1 Å². The van der Waals surface area contributed by atoms with Crippen LogP contribution in [0.25, 0.3) is 0 Å². The summed E-state index contributed by atoms with van der Waals surface area (Å²) in [5, 5.41) is 2.78. The van der Waals surface area contributed by atoms with Gasteiger partial charge in [-0.3, -0.25) is 9.59 Å². The third-order valence-corrected chi connectivity index (χ3v) is 4.95. The van der Waals surface area contributed by atoms with Crippen molar-refractivity contribution in [2.45, 2.75) is 19.4 Å². The predicted octanol–water partition coefficient (Wildman–Crippen LogP) is 1.78. The van der Waals surface area contributed by atoms with Gasteiger partial charge in [-0.25, -0.2) is 0 Å². The minimum absolute atomic E-state index is 0.00862. The van der Waals surface area contributed by atoms with E-state index in [0.29, 0.717) is 17.8 Å². The summed E-state index contributed by atoms with van der Waals surface area (Å²) in [4.78, 5) is 25.9. The molecule has 1 N–H and O–H groups in total. The zero-order chi connectivity index (χ0) is 12.6. The lowest BCUT2D eigenvalue weighted by Crippen LogP contribution is -2.40. The van der Waals surface area contributed by atoms with E-state index in [9.17, 15) is 9.59 Å². The van der Waals surface area contributed by atoms with Crippen LogP contribution in [0, 0.1) is 6.92 Å². The highest BCUT2D eigenvalue weighted by Gasteiger charge is 2.30. The Morgan fingerprint density at radius 2 is 2.35 bits per heavy atom. The first-order valence-corrected chi connectivity index (χ1v) is 6.91. The summed E-state index contributed by atoms with van der Waals surface area (Å²) >= 11 is 4.77. The number of carbonyl (C=O) groups is 2. The molecule has 1 unspecified atom stereocenters. The van der Waals surface area contributed by atoms with Gasteiger partial charge in [0.1, 0.15) is 6.04 Å². The number of rotatable bonds is 2. The molecule has 1 aliphatic heterocycles. The Morgan fingerprint density at radius 1 is 1.65 bits per heavy atom. The summed E-state index contributed by atoms with van der Waals surface area (Å²) in [5.41, 5.74) is 1.04. The molecule has 4 nitrogen and oxygen atoms in total. The molecule has 0 aromatic carbocycles. The maximum absolute atomic E-state index is 11.9. The number of halogens is 1. The Labute approximate surface area is 112 Å². The Morgan fingerprint density at radius 3 is 2.82 bits per heavy atom. The van der Waals surface area contributed by atoms with Gasteiger partial charge in [0.25, 0.3) is 5.91 Å². The number of nitrogens with zero attached hydrogens (tertiary/aromatic N) is 1. The van der Waals surface area contributed by atoms with Crippen LogP contribution >= 0.6 is 27.3 Å². The number of carbonyl (C=O) groups excluding carboxylic acids is 2. The number of hydrogen-bond donors (Lipinski definition) is 1. The average molecular weight is 317 g/mol. The Hall–Kier alpha value is -0.880. The highest BCUT2D eigenvalue weighted by Crippen LogP contribution is 2.27. The molecule has 1 aromatic rings. The van der Waals surface area contributed by atoms with Gasteiger partial charge in [-0.15, -0.1) is 11.3 Å². The van der Waals surface area contributed by atoms with Gasteiger partial charge in [0.05, 0.1) is 8.66 Å². The molecule has 6 heteroatoms. The van der Waals surface area contributed by atoms with E-state index in [1.807, 2.05) is 13.0 Å². The highest BCUT2D eigenvalue weighted by molar-refractivity contribution is 9.11. The molecule has 1 fully saturated rings. The zero-order valence-corrected chi connectivity index (χ0v) is 12.0. The van der Waals surface area contributed by atoms with E-state index < -0.39 is 0 Å². The summed E-state index contributed by atoms with van der Waals surface area (Å²) in [6, 6.07) is 1.46. The number of amides is 2. The standard InChI is InChI=1S/C11H13BrN2O2S/c1-6-5-8(17-9(6)12)10(15)13-7-3-4-14(2)11(7)16/h5,7H,3-4H2,1-2H3,(H,13,15). The normalized spacial score (nSPS) is 19.8. The molecule has 0 spiro atoms. The van der Waals surface area contributed by atoms with Crippen molar-refractivity contribution in [3.63, 3.8) is 0 Å². The topological polar surface area (TPSA) is 49.4 Å². The molecule has 0 radical (unpaired) electrons. The van der Waals surface area contributed by atoms with Crippen molar-refractivity contribution < 1.29 is 9.59 Å². The molecule has 17 heavy (non-hydrogen) atoms. The lowest BCUT2D eigenvalue weighted by atomic mass is 10.2. The van der Waals surface area contributed by atoms with Gasteiger partial charge < -0.3 is 10.2 Å². The predicted molar refractivity (Wildman–Crippen MR) is 70.3 cm³/mol. The van der Waals surface area contributed by atoms with Gasteiger partial charge in [0.2, 0.25) is 5.91 Å². The first-order chi connectivity index (χ1) is 7.99. The average Bonchev–Trinajstić information content (AvgIpc) is 2.77. The van der Waals surface area contributed by atoms with Gasteiger partial charge >= 0.3 is 0 Å². The summed E-state index contributed by atoms with van der Waals surface area (Å²) in [7, 11) is 1.75. The SMILES string of the molecule is Cc1cc(C(=O)NC2CCN(C)C2=O)sc1Br. The second-order valence-corrected chi connectivity index (χ2v) is 6.51. The van der Waals surface area contributed by atoms with Gasteiger partial charge in [-0.2, -0.15) is 0 Å². The largest absolute Gasteiger partial charge is 0.344 e. The van der Waals surface area contributed by atoms with Crippen molar-refractivity contribution in [2.75, 3.05) is 13.6 Å². The highest BCUT2D eigenvalue weighted by atomic mass is 79.9. The van der Waals surface area contributed by atoms with Crippen LogP contribution in [0.1, 0.15) is 21.7 Å². The molecular weight excluding hydrogens is 304 g/mol. The van der Waals surface area contributed by atoms with Crippen LogP contribution in [-0.4, -0.2) is 36.3 Å². The number of thiophene rings is 1. The maximum atomic E-state index is 11.9. The molecule has 0 aliphatic carbocycles. The minimum atomic E-state index is -0.367. The molecule has 0 saturated carbocycles. The summed E-state index contributed by atoms with van der Waals surface area (Å²) < 4.78 is 0.956. The van der Waals surface area contributed by atoms with Gasteiger partial charge in [-0.1, -0.05) is 0 Å². The summed E-state index contributed by atoms with van der Waals surface area (Å²) in [5.74, 6) is -0.178. The number of likely N-dealkylation sites (N-methyl/N-ethyl adjacent to an activating group) is 1. The molecule has 2 rings (SSSR count). The van der Waals surface area contributed by atoms with E-state index in [2.05, 4.69) is 21.2 Å². The van der Waals surface area contributed by atoms with Crippen LogP contribution in [-0.2, 0) is 4.79 Å². The first-order valence-electron chi connectivity index (χ1n) is 5.31. The van der Waals surface area contributed by atoms with Crippen LogP contribution in [0.3, 0.4) is 0 Å². The number of aryl methyl sites for hydroxylation is 1. The summed E-state index contributed by atoms with van der Waals surface area (Å²) in [6.07, 6.45) is 0.687. The molecule has 0 bridgehead atoms. The Bertz CT molecular complexity index is 453. The third-order valence-electron chi connectivity index (χ3n) is 2.81. The minimum Gasteiger partial charge on any atom is -0.344 e. The van der Waals surface area contributed by atoms with E-state index in [1.165, 1.54) is 11.3 Å². The molecule has 1 aromatic heterocycles. The Balaban J connectivity index is 2.05. The molecule has 2 amide bonds. The van der Waals surface area contributed by atoms with Crippen LogP contribution in [0.5, 0.6) is 0 Å². The van der Waals surface area contributed by atoms with E-state index in [0.717, 1.165) is 9.35 Å². The number of likely N-dealkylation sites (tertiary alicyclic amines) is 1. The van der Waals surface area contributed by atoms with Crippen LogP contribution in [0.15, 0.2) is 9.85 Å². The van der Waals surface area contributed by atoms with Gasteiger partial charge in [0.15, 0.2) is 0 Å². The van der Waals surface area contributed by atoms with E-state index in [-0.39, 0.29) is 17.9 Å². The lowest BCUT2D eigenvalue weighted by Gasteiger charge is -2.11. The van der Waals surface area contributed by atoms with E-state index in [1.54, 1.807) is 11.9 Å². The fraction of sp³-hybridized carbons (Fsp3) is 0.455. The molecule has 1 atom stereocenters. The van der Waals surface area contributed by atoms with Crippen LogP contribution in [0.2, 0.25) is 0 Å². The fourth-order valence-electron chi connectivity index (χ4n) is 1.76. The van der Waals surface area contributed by atoms with Crippen LogP contribution < -0.4 is 5.32 Å². The van der Waals surface area contributed by atoms with E-state index in [4.69, 9.17) is 0 Å².